The van der Waals surface area contributed by atoms with Crippen molar-refractivity contribution >= 4 is 5.91 Å². The molecule has 2 aliphatic rings. The molecule has 0 spiro atoms. The van der Waals surface area contributed by atoms with Crippen molar-refractivity contribution in [2.45, 2.75) is 50.9 Å². The van der Waals surface area contributed by atoms with Crippen LogP contribution in [0.1, 0.15) is 38.2 Å². The van der Waals surface area contributed by atoms with Crippen molar-refractivity contribution in [1.29, 1.82) is 0 Å². The molecule has 1 aromatic heterocycles. The van der Waals surface area contributed by atoms with E-state index in [0.29, 0.717) is 0 Å². The molecule has 5 unspecified atom stereocenters. The standard InChI is InChI=1S/C22H20F3N5O4.C2H6/c23-13-6-12(7-14(24)19(13)25)15-9-30(29-28-15)16-8-17(21(31)27-26)33-18-10-32-22(34-20(16)18)11-4-2-1-3-5-11;1-2/h1-7,9,16-18,20,22H,8,10,26H2,(H,27,31);1-2H3. The highest BCUT2D eigenvalue weighted by molar-refractivity contribution is 5.80. The van der Waals surface area contributed by atoms with E-state index < -0.39 is 54.0 Å². The van der Waals surface area contributed by atoms with Crippen molar-refractivity contribution in [3.8, 4) is 11.3 Å². The number of nitrogens with zero attached hydrogens (tertiary/aromatic N) is 3. The van der Waals surface area contributed by atoms with E-state index in [4.69, 9.17) is 20.1 Å². The van der Waals surface area contributed by atoms with Gasteiger partial charge in [-0.25, -0.2) is 23.7 Å². The van der Waals surface area contributed by atoms with E-state index in [1.54, 1.807) is 0 Å². The average Bonchev–Trinajstić information content (AvgIpc) is 3.42. The molecule has 2 aromatic carbocycles. The maximum atomic E-state index is 13.7. The van der Waals surface area contributed by atoms with E-state index in [9.17, 15) is 18.0 Å². The fourth-order valence-electron chi connectivity index (χ4n) is 4.20. The molecule has 0 radical (unpaired) electrons. The summed E-state index contributed by atoms with van der Waals surface area (Å²) in [6, 6.07) is 10.4. The van der Waals surface area contributed by atoms with Crippen LogP contribution in [0.5, 0.6) is 0 Å². The van der Waals surface area contributed by atoms with Crippen LogP contribution in [-0.4, -0.2) is 45.8 Å². The number of aromatic nitrogens is 3. The van der Waals surface area contributed by atoms with Gasteiger partial charge in [0.25, 0.3) is 5.91 Å². The third-order valence-electron chi connectivity index (χ3n) is 5.87. The number of hydrazine groups is 1. The molecule has 2 fully saturated rings. The van der Waals surface area contributed by atoms with Crippen molar-refractivity contribution in [2.75, 3.05) is 6.61 Å². The summed E-state index contributed by atoms with van der Waals surface area (Å²) in [5.41, 5.74) is 3.01. The van der Waals surface area contributed by atoms with E-state index in [1.807, 2.05) is 44.2 Å². The highest BCUT2D eigenvalue weighted by Gasteiger charge is 2.47. The Hall–Kier alpha value is -3.32. The summed E-state index contributed by atoms with van der Waals surface area (Å²) >= 11 is 0. The summed E-state index contributed by atoms with van der Waals surface area (Å²) < 4.78 is 60.1. The summed E-state index contributed by atoms with van der Waals surface area (Å²) in [6.45, 7) is 4.14. The fourth-order valence-corrected chi connectivity index (χ4v) is 4.20. The summed E-state index contributed by atoms with van der Waals surface area (Å²) in [7, 11) is 0. The zero-order valence-corrected chi connectivity index (χ0v) is 19.6. The minimum absolute atomic E-state index is 0.0116. The van der Waals surface area contributed by atoms with Gasteiger partial charge >= 0.3 is 0 Å². The van der Waals surface area contributed by atoms with Crippen LogP contribution in [0.15, 0.2) is 48.7 Å². The van der Waals surface area contributed by atoms with E-state index in [2.05, 4.69) is 15.7 Å². The minimum Gasteiger partial charge on any atom is -0.360 e. The summed E-state index contributed by atoms with van der Waals surface area (Å²) in [5, 5.41) is 8.08. The lowest BCUT2D eigenvalue weighted by Crippen LogP contribution is -2.56. The molecule has 5 atom stereocenters. The molecule has 36 heavy (non-hydrogen) atoms. The van der Waals surface area contributed by atoms with Gasteiger partial charge in [-0.3, -0.25) is 10.2 Å². The van der Waals surface area contributed by atoms with Crippen LogP contribution in [0.3, 0.4) is 0 Å². The van der Waals surface area contributed by atoms with Crippen LogP contribution in [-0.2, 0) is 19.0 Å². The van der Waals surface area contributed by atoms with Crippen molar-refractivity contribution < 1.29 is 32.2 Å². The number of carbonyl (C=O) groups excluding carboxylic acids is 1. The highest BCUT2D eigenvalue weighted by atomic mass is 19.2. The van der Waals surface area contributed by atoms with Crippen molar-refractivity contribution in [2.24, 2.45) is 5.84 Å². The maximum Gasteiger partial charge on any atom is 0.263 e. The first-order valence-electron chi connectivity index (χ1n) is 11.5. The summed E-state index contributed by atoms with van der Waals surface area (Å²) in [6.07, 6.45) is -1.19. The number of nitrogens with one attached hydrogen (secondary N) is 1. The first kappa shape index (κ1) is 25.8. The SMILES string of the molecule is CC.NNC(=O)C1CC(n2cc(-c3cc(F)c(F)c(F)c3)nn2)C2OC(c3ccccc3)OCC2O1. The molecule has 12 heteroatoms. The molecule has 2 saturated heterocycles. The second kappa shape index (κ2) is 11.2. The normalized spacial score (nSPS) is 25.3. The fraction of sp³-hybridized carbons (Fsp3) is 0.375. The van der Waals surface area contributed by atoms with E-state index in [0.717, 1.165) is 17.7 Å². The zero-order chi connectivity index (χ0) is 25.8. The van der Waals surface area contributed by atoms with Gasteiger partial charge in [0.05, 0.1) is 18.8 Å². The Morgan fingerprint density at radius 2 is 1.81 bits per heavy atom. The minimum atomic E-state index is -1.57. The molecule has 3 heterocycles. The molecule has 0 aliphatic carbocycles. The van der Waals surface area contributed by atoms with Crippen molar-refractivity contribution in [3.05, 3.63) is 71.7 Å². The number of carbonyl (C=O) groups is 1. The molecule has 0 bridgehead atoms. The third kappa shape index (κ3) is 5.12. The number of rotatable bonds is 4. The van der Waals surface area contributed by atoms with Gasteiger partial charge in [-0.1, -0.05) is 49.4 Å². The number of hydrogen-bond donors (Lipinski definition) is 2. The molecular formula is C24H26F3N5O4. The highest BCUT2D eigenvalue weighted by Crippen LogP contribution is 2.39. The number of fused-ring (bicyclic) bond motifs is 1. The van der Waals surface area contributed by atoms with Gasteiger partial charge in [0.2, 0.25) is 0 Å². The van der Waals surface area contributed by atoms with Crippen LogP contribution in [0, 0.1) is 17.5 Å². The largest absolute Gasteiger partial charge is 0.360 e. The van der Waals surface area contributed by atoms with Gasteiger partial charge in [-0.2, -0.15) is 0 Å². The van der Waals surface area contributed by atoms with Gasteiger partial charge in [0.15, 0.2) is 23.7 Å². The maximum absolute atomic E-state index is 13.7. The van der Waals surface area contributed by atoms with Gasteiger partial charge in [0, 0.05) is 17.5 Å². The lowest BCUT2D eigenvalue weighted by Gasteiger charge is -2.45. The smallest absolute Gasteiger partial charge is 0.263 e. The van der Waals surface area contributed by atoms with Crippen LogP contribution < -0.4 is 11.3 Å². The van der Waals surface area contributed by atoms with Gasteiger partial charge < -0.3 is 14.2 Å². The number of hydrogen-bond acceptors (Lipinski definition) is 7. The molecule has 5 rings (SSSR count). The second-order valence-corrected chi connectivity index (χ2v) is 7.99. The predicted molar refractivity (Wildman–Crippen MR) is 121 cm³/mol. The third-order valence-corrected chi connectivity index (χ3v) is 5.87. The topological polar surface area (TPSA) is 114 Å². The monoisotopic (exact) mass is 505 g/mol. The lowest BCUT2D eigenvalue weighted by molar-refractivity contribution is -0.297. The Labute approximate surface area is 205 Å². The van der Waals surface area contributed by atoms with Crippen LogP contribution >= 0.6 is 0 Å². The molecule has 2 aliphatic heterocycles. The molecule has 3 aromatic rings. The number of ether oxygens (including phenoxy) is 3. The zero-order valence-electron chi connectivity index (χ0n) is 19.6. The quantitative estimate of drug-likeness (QED) is 0.242. The van der Waals surface area contributed by atoms with Crippen LogP contribution in [0.2, 0.25) is 0 Å². The van der Waals surface area contributed by atoms with Gasteiger partial charge in [0.1, 0.15) is 24.0 Å². The van der Waals surface area contributed by atoms with Crippen molar-refractivity contribution in [3.63, 3.8) is 0 Å². The number of halogens is 3. The molecule has 1 amide bonds. The molecular weight excluding hydrogens is 479 g/mol. The molecule has 0 saturated carbocycles. The Kier molecular flexibility index (Phi) is 7.99. The van der Waals surface area contributed by atoms with E-state index in [-0.39, 0.29) is 24.3 Å². The Bertz CT molecular complexity index is 1170. The average molecular weight is 505 g/mol. The lowest BCUT2D eigenvalue weighted by atomic mass is 9.94. The van der Waals surface area contributed by atoms with E-state index >= 15 is 0 Å². The summed E-state index contributed by atoms with van der Waals surface area (Å²) in [4.78, 5) is 12.2. The number of nitrogens with two attached hydrogens (primary N) is 1. The van der Waals surface area contributed by atoms with Gasteiger partial charge in [-0.05, 0) is 12.1 Å². The molecule has 192 valence electrons. The van der Waals surface area contributed by atoms with Crippen LogP contribution in [0.25, 0.3) is 11.3 Å². The van der Waals surface area contributed by atoms with Crippen molar-refractivity contribution in [1.82, 2.24) is 20.4 Å². The van der Waals surface area contributed by atoms with E-state index in [1.165, 1.54) is 10.9 Å². The first-order valence-corrected chi connectivity index (χ1v) is 11.5. The first-order chi connectivity index (χ1) is 17.4. The Morgan fingerprint density at radius 1 is 1.11 bits per heavy atom. The van der Waals surface area contributed by atoms with Crippen LogP contribution in [0.4, 0.5) is 13.2 Å². The predicted octanol–water partition coefficient (Wildman–Crippen LogP) is 3.19. The Morgan fingerprint density at radius 3 is 2.47 bits per heavy atom. The number of amides is 1. The molecule has 3 N–H and O–H groups in total. The Balaban J connectivity index is 0.00000148. The molecule has 9 nitrogen and oxygen atoms in total. The summed E-state index contributed by atoms with van der Waals surface area (Å²) in [5.74, 6) is 0.518. The second-order valence-electron chi connectivity index (χ2n) is 7.99. The van der Waals surface area contributed by atoms with Gasteiger partial charge in [-0.15, -0.1) is 5.10 Å². The number of benzene rings is 2.